The van der Waals surface area contributed by atoms with Gasteiger partial charge >= 0.3 is 0 Å². The zero-order chi connectivity index (χ0) is 9.80. The predicted molar refractivity (Wildman–Crippen MR) is 56.7 cm³/mol. The van der Waals surface area contributed by atoms with Gasteiger partial charge in [0.05, 0.1) is 19.6 Å². The number of quaternary nitrogens is 2. The molecule has 0 spiro atoms. The highest BCUT2D eigenvalue weighted by atomic mass is 15.1. The fraction of sp³-hybridized carbons (Fsp3) is 0.500. The van der Waals surface area contributed by atoms with Gasteiger partial charge in [0.15, 0.2) is 0 Å². The molecule has 2 heteroatoms. The van der Waals surface area contributed by atoms with Crippen molar-refractivity contribution in [1.29, 1.82) is 0 Å². The second-order valence-electron chi connectivity index (χ2n) is 4.20. The van der Waals surface area contributed by atoms with Gasteiger partial charge in [0.25, 0.3) is 0 Å². The molecule has 0 unspecified atom stereocenters. The van der Waals surface area contributed by atoms with Crippen LogP contribution in [-0.4, -0.2) is 13.1 Å². The van der Waals surface area contributed by atoms with Gasteiger partial charge in [0, 0.05) is 24.0 Å². The number of hydrogen-bond acceptors (Lipinski definition) is 0. The molecule has 14 heavy (non-hydrogen) atoms. The minimum atomic E-state index is 0.906. The number of hydrogen-bond donors (Lipinski definition) is 2. The Morgan fingerprint density at radius 1 is 1.14 bits per heavy atom. The fourth-order valence-electron chi connectivity index (χ4n) is 2.24. The number of rotatable bonds is 3. The third-order valence-corrected chi connectivity index (χ3v) is 3.04. The van der Waals surface area contributed by atoms with Crippen LogP contribution >= 0.6 is 0 Å². The Labute approximate surface area is 85.7 Å². The Morgan fingerprint density at radius 2 is 1.86 bits per heavy atom. The Bertz CT molecular complexity index is 290. The maximum Gasteiger partial charge on any atom is 0.103 e. The molecule has 0 aliphatic carbocycles. The first kappa shape index (κ1) is 9.69. The minimum Gasteiger partial charge on any atom is -0.354 e. The second kappa shape index (κ2) is 4.58. The van der Waals surface area contributed by atoms with Gasteiger partial charge in [-0.05, 0) is 6.07 Å². The number of benzene rings is 1. The van der Waals surface area contributed by atoms with E-state index in [1.165, 1.54) is 43.6 Å². The van der Waals surface area contributed by atoms with Crippen LogP contribution in [0, 0.1) is 0 Å². The molecule has 0 atom stereocenters. The van der Waals surface area contributed by atoms with E-state index < -0.39 is 0 Å². The molecular weight excluding hydrogens is 172 g/mol. The summed E-state index contributed by atoms with van der Waals surface area (Å²) in [4.78, 5) is 1.74. The molecule has 1 aliphatic rings. The minimum absolute atomic E-state index is 0.906. The first-order valence-corrected chi connectivity index (χ1v) is 5.59. The largest absolute Gasteiger partial charge is 0.354 e. The smallest absolute Gasteiger partial charge is 0.103 e. The molecule has 1 aromatic rings. The first-order valence-electron chi connectivity index (χ1n) is 5.59. The lowest BCUT2D eigenvalue weighted by Crippen LogP contribution is -3.08. The van der Waals surface area contributed by atoms with E-state index in [1.807, 2.05) is 0 Å². The van der Waals surface area contributed by atoms with E-state index >= 15 is 0 Å². The summed E-state index contributed by atoms with van der Waals surface area (Å²) in [5.74, 6) is 0. The molecule has 0 bridgehead atoms. The standard InChI is InChI=1S/C12H18N2/c13-9-11-4-3-5-12(8-11)10-14-6-1-2-7-14/h3-5,8H,1-2,6-7,9-10,13H2/p+2. The van der Waals surface area contributed by atoms with E-state index in [1.54, 1.807) is 4.90 Å². The van der Waals surface area contributed by atoms with Crippen LogP contribution in [0.1, 0.15) is 24.0 Å². The molecule has 0 radical (unpaired) electrons. The van der Waals surface area contributed by atoms with Crippen LogP contribution in [0.5, 0.6) is 0 Å². The summed E-state index contributed by atoms with van der Waals surface area (Å²) < 4.78 is 0. The third-order valence-electron chi connectivity index (χ3n) is 3.04. The van der Waals surface area contributed by atoms with E-state index in [0.717, 1.165) is 6.54 Å². The number of nitrogens with one attached hydrogen (secondary N) is 1. The van der Waals surface area contributed by atoms with Crippen LogP contribution in [0.3, 0.4) is 0 Å². The van der Waals surface area contributed by atoms with Gasteiger partial charge < -0.3 is 10.6 Å². The molecule has 0 amide bonds. The molecule has 4 N–H and O–H groups in total. The molecule has 0 saturated carbocycles. The van der Waals surface area contributed by atoms with Crippen molar-refractivity contribution in [2.24, 2.45) is 0 Å². The van der Waals surface area contributed by atoms with Crippen LogP contribution in [0.4, 0.5) is 0 Å². The van der Waals surface area contributed by atoms with Gasteiger partial charge in [-0.3, -0.25) is 0 Å². The van der Waals surface area contributed by atoms with Crippen molar-refractivity contribution in [2.75, 3.05) is 13.1 Å². The average molecular weight is 192 g/mol. The van der Waals surface area contributed by atoms with E-state index in [-0.39, 0.29) is 0 Å². The van der Waals surface area contributed by atoms with Crippen LogP contribution in [-0.2, 0) is 13.1 Å². The van der Waals surface area contributed by atoms with Crippen LogP contribution in [0.15, 0.2) is 24.3 Å². The van der Waals surface area contributed by atoms with Gasteiger partial charge in [0.2, 0.25) is 0 Å². The van der Waals surface area contributed by atoms with Crippen molar-refractivity contribution in [3.05, 3.63) is 35.4 Å². The van der Waals surface area contributed by atoms with Gasteiger partial charge in [-0.25, -0.2) is 0 Å². The predicted octanol–water partition coefficient (Wildman–Crippen LogP) is -0.393. The van der Waals surface area contributed by atoms with Crippen LogP contribution in [0.25, 0.3) is 0 Å². The maximum atomic E-state index is 3.92. The van der Waals surface area contributed by atoms with E-state index in [0.29, 0.717) is 0 Å². The highest BCUT2D eigenvalue weighted by Gasteiger charge is 2.15. The van der Waals surface area contributed by atoms with Crippen molar-refractivity contribution in [3.63, 3.8) is 0 Å². The van der Waals surface area contributed by atoms with Crippen molar-refractivity contribution in [1.82, 2.24) is 0 Å². The topological polar surface area (TPSA) is 32.1 Å². The Balaban J connectivity index is 2.00. The second-order valence-corrected chi connectivity index (χ2v) is 4.20. The highest BCUT2D eigenvalue weighted by Crippen LogP contribution is 2.03. The molecule has 1 saturated heterocycles. The third kappa shape index (κ3) is 2.34. The lowest BCUT2D eigenvalue weighted by Gasteiger charge is -2.12. The summed E-state index contributed by atoms with van der Waals surface area (Å²) in [6.45, 7) is 4.82. The van der Waals surface area contributed by atoms with E-state index in [4.69, 9.17) is 0 Å². The molecule has 1 fully saturated rings. The molecule has 1 aromatic carbocycles. The summed E-state index contributed by atoms with van der Waals surface area (Å²) in [7, 11) is 0. The van der Waals surface area contributed by atoms with Gasteiger partial charge in [-0.15, -0.1) is 0 Å². The van der Waals surface area contributed by atoms with Crippen LogP contribution < -0.4 is 10.6 Å². The lowest BCUT2D eigenvalue weighted by molar-refractivity contribution is -0.901. The lowest BCUT2D eigenvalue weighted by atomic mass is 10.1. The summed E-state index contributed by atoms with van der Waals surface area (Å²) in [6, 6.07) is 8.87. The molecule has 0 aromatic heterocycles. The maximum absolute atomic E-state index is 3.92. The summed E-state index contributed by atoms with van der Waals surface area (Å²) >= 11 is 0. The Kier molecular flexibility index (Phi) is 3.17. The van der Waals surface area contributed by atoms with Crippen molar-refractivity contribution in [3.8, 4) is 0 Å². The molecule has 76 valence electrons. The summed E-state index contributed by atoms with van der Waals surface area (Å²) in [6.07, 6.45) is 2.81. The molecule has 2 nitrogen and oxygen atoms in total. The Morgan fingerprint density at radius 3 is 2.57 bits per heavy atom. The zero-order valence-corrected chi connectivity index (χ0v) is 8.76. The van der Waals surface area contributed by atoms with Gasteiger partial charge in [0.1, 0.15) is 6.54 Å². The van der Waals surface area contributed by atoms with Crippen molar-refractivity contribution < 1.29 is 10.6 Å². The van der Waals surface area contributed by atoms with Crippen LogP contribution in [0.2, 0.25) is 0 Å². The van der Waals surface area contributed by atoms with Gasteiger partial charge in [-0.2, -0.15) is 0 Å². The fourth-order valence-corrected chi connectivity index (χ4v) is 2.24. The van der Waals surface area contributed by atoms with E-state index in [2.05, 4.69) is 30.0 Å². The van der Waals surface area contributed by atoms with Gasteiger partial charge in [-0.1, -0.05) is 18.2 Å². The first-order chi connectivity index (χ1) is 6.88. The zero-order valence-electron chi connectivity index (χ0n) is 8.76. The molecule has 2 rings (SSSR count). The van der Waals surface area contributed by atoms with Crippen molar-refractivity contribution in [2.45, 2.75) is 25.9 Å². The van der Waals surface area contributed by atoms with Crippen molar-refractivity contribution >= 4 is 0 Å². The average Bonchev–Trinajstić information content (AvgIpc) is 2.71. The summed E-state index contributed by atoms with van der Waals surface area (Å²) in [5, 5.41) is 0. The monoisotopic (exact) mass is 192 g/mol. The normalized spacial score (nSPS) is 17.5. The molecular formula is C12H20N2+2. The number of likely N-dealkylation sites (tertiary alicyclic amines) is 1. The Hall–Kier alpha value is -0.860. The molecule has 1 heterocycles. The molecule has 1 aliphatic heterocycles. The quantitative estimate of drug-likeness (QED) is 0.654. The van der Waals surface area contributed by atoms with E-state index in [9.17, 15) is 0 Å². The highest BCUT2D eigenvalue weighted by molar-refractivity contribution is 5.21. The SMILES string of the molecule is [NH3+]Cc1cccc(C[NH+]2CCCC2)c1. The summed E-state index contributed by atoms with van der Waals surface area (Å²) in [5.41, 5.74) is 6.76.